The van der Waals surface area contributed by atoms with Crippen LogP contribution in [0.25, 0.3) is 0 Å². The Kier molecular flexibility index (Phi) is 6.58. The quantitative estimate of drug-likeness (QED) is 0.266. The fourth-order valence-electron chi connectivity index (χ4n) is 1.62. The van der Waals surface area contributed by atoms with E-state index in [2.05, 4.69) is 5.32 Å². The summed E-state index contributed by atoms with van der Waals surface area (Å²) in [5.41, 5.74) is 0.103. The van der Waals surface area contributed by atoms with Crippen molar-refractivity contribution in [1.82, 2.24) is 0 Å². The molecule has 1 rings (SSSR count). The Hall–Kier alpha value is -1.60. The summed E-state index contributed by atoms with van der Waals surface area (Å²) in [4.78, 5) is 11.5. The summed E-state index contributed by atoms with van der Waals surface area (Å²) in [6.07, 6.45) is -7.81. The number of sulfonamides is 1. The minimum Gasteiger partial charge on any atom is -0.394 e. The molecule has 1 amide bonds. The van der Waals surface area contributed by atoms with Crippen LogP contribution in [0.4, 0.5) is 5.69 Å². The average Bonchev–Trinajstić information content (AvgIpc) is 2.51. The molecule has 1 aromatic carbocycles. The minimum absolute atomic E-state index is 0.103. The van der Waals surface area contributed by atoms with Gasteiger partial charge in [-0.1, -0.05) is 0 Å². The van der Waals surface area contributed by atoms with Crippen LogP contribution in [-0.2, 0) is 14.8 Å². The van der Waals surface area contributed by atoms with Gasteiger partial charge in [0.2, 0.25) is 10.0 Å². The highest BCUT2D eigenvalue weighted by Crippen LogP contribution is 2.14. The molecule has 130 valence electrons. The third kappa shape index (κ3) is 5.21. The summed E-state index contributed by atoms with van der Waals surface area (Å²) in [6.45, 7) is -0.873. The van der Waals surface area contributed by atoms with Crippen LogP contribution in [-0.4, -0.2) is 70.9 Å². The van der Waals surface area contributed by atoms with E-state index >= 15 is 0 Å². The van der Waals surface area contributed by atoms with E-state index in [1.54, 1.807) is 0 Å². The second-order valence-electron chi connectivity index (χ2n) is 4.73. The van der Waals surface area contributed by atoms with Gasteiger partial charge in [0.1, 0.15) is 18.3 Å². The molecule has 10 nitrogen and oxygen atoms in total. The summed E-state index contributed by atoms with van der Waals surface area (Å²) in [7, 11) is -3.89. The number of amides is 1. The zero-order chi connectivity index (χ0) is 17.8. The molecule has 0 heterocycles. The third-order valence-corrected chi connectivity index (χ3v) is 3.90. The monoisotopic (exact) mass is 350 g/mol. The Labute approximate surface area is 131 Å². The van der Waals surface area contributed by atoms with E-state index in [1.807, 2.05) is 0 Å². The van der Waals surface area contributed by atoms with Gasteiger partial charge in [0.25, 0.3) is 5.91 Å². The summed E-state index contributed by atoms with van der Waals surface area (Å²) in [5, 5.41) is 53.5. The number of hydrogen-bond acceptors (Lipinski definition) is 8. The van der Waals surface area contributed by atoms with E-state index in [0.29, 0.717) is 0 Å². The van der Waals surface area contributed by atoms with Crippen LogP contribution in [0.5, 0.6) is 0 Å². The van der Waals surface area contributed by atoms with Crippen LogP contribution < -0.4 is 10.5 Å². The maximum absolute atomic E-state index is 11.7. The van der Waals surface area contributed by atoms with Gasteiger partial charge in [0, 0.05) is 5.69 Å². The van der Waals surface area contributed by atoms with E-state index in [-0.39, 0.29) is 10.6 Å². The van der Waals surface area contributed by atoms with E-state index in [0.717, 1.165) is 12.1 Å². The molecule has 0 saturated carbocycles. The van der Waals surface area contributed by atoms with E-state index in [9.17, 15) is 28.5 Å². The van der Waals surface area contributed by atoms with Gasteiger partial charge in [0.15, 0.2) is 6.10 Å². The number of carbonyl (C=O) groups is 1. The number of nitrogens with one attached hydrogen (secondary N) is 1. The maximum atomic E-state index is 11.7. The van der Waals surface area contributed by atoms with Crippen molar-refractivity contribution in [2.24, 2.45) is 5.14 Å². The predicted molar refractivity (Wildman–Crippen MR) is 77.6 cm³/mol. The molecule has 0 radical (unpaired) electrons. The number of rotatable bonds is 7. The normalized spacial score (nSPS) is 17.1. The number of primary sulfonamides is 1. The number of nitrogens with two attached hydrogens (primary N) is 1. The van der Waals surface area contributed by atoms with Crippen LogP contribution in [0, 0.1) is 0 Å². The summed E-state index contributed by atoms with van der Waals surface area (Å²) in [5.74, 6) is -1.11. The van der Waals surface area contributed by atoms with Crippen molar-refractivity contribution in [2.45, 2.75) is 29.3 Å². The molecule has 0 aliphatic carbocycles. The van der Waals surface area contributed by atoms with Crippen LogP contribution in [0.2, 0.25) is 0 Å². The van der Waals surface area contributed by atoms with E-state index in [1.165, 1.54) is 12.1 Å². The largest absolute Gasteiger partial charge is 0.394 e. The first-order chi connectivity index (χ1) is 10.6. The SMILES string of the molecule is NS(=O)(=O)c1ccc(NC(=O)[C@@H](O)[C@H](O)[C@H](O)[C@H](O)CO)cc1. The van der Waals surface area contributed by atoms with Crippen molar-refractivity contribution < 1.29 is 38.7 Å². The lowest BCUT2D eigenvalue weighted by atomic mass is 10.0. The lowest BCUT2D eigenvalue weighted by Gasteiger charge is -2.24. The molecule has 4 atom stereocenters. The second kappa shape index (κ2) is 7.79. The van der Waals surface area contributed by atoms with Crippen LogP contribution in [0.3, 0.4) is 0 Å². The fraction of sp³-hybridized carbons (Fsp3) is 0.417. The molecule has 0 saturated heterocycles. The lowest BCUT2D eigenvalue weighted by Crippen LogP contribution is -2.50. The topological polar surface area (TPSA) is 190 Å². The molecule has 0 spiro atoms. The molecule has 8 N–H and O–H groups in total. The summed E-state index contributed by atoms with van der Waals surface area (Å²) < 4.78 is 22.2. The van der Waals surface area contributed by atoms with Crippen molar-refractivity contribution in [1.29, 1.82) is 0 Å². The maximum Gasteiger partial charge on any atom is 0.256 e. The number of anilines is 1. The molecule has 0 aliphatic rings. The van der Waals surface area contributed by atoms with E-state index < -0.39 is 47.0 Å². The average molecular weight is 350 g/mol. The van der Waals surface area contributed by atoms with Gasteiger partial charge in [0.05, 0.1) is 11.5 Å². The van der Waals surface area contributed by atoms with Crippen molar-refractivity contribution in [3.63, 3.8) is 0 Å². The van der Waals surface area contributed by atoms with Crippen molar-refractivity contribution in [3.05, 3.63) is 24.3 Å². The van der Waals surface area contributed by atoms with Crippen LogP contribution >= 0.6 is 0 Å². The van der Waals surface area contributed by atoms with E-state index in [4.69, 9.17) is 15.4 Å². The first kappa shape index (κ1) is 19.4. The summed E-state index contributed by atoms with van der Waals surface area (Å²) in [6, 6.07) is 4.65. The highest BCUT2D eigenvalue weighted by atomic mass is 32.2. The lowest BCUT2D eigenvalue weighted by molar-refractivity contribution is -0.144. The van der Waals surface area contributed by atoms with Gasteiger partial charge >= 0.3 is 0 Å². The fourth-order valence-corrected chi connectivity index (χ4v) is 2.14. The Bertz CT molecular complexity index is 633. The Balaban J connectivity index is 2.75. The standard InChI is InChI=1S/C12H18N2O8S/c13-23(21,22)7-3-1-6(2-4-7)14-12(20)11(19)10(18)9(17)8(16)5-15/h1-4,8-11,15-19H,5H2,(H,14,20)(H2,13,21,22)/t8-,9-,10-,11+/m1/s1. The molecular formula is C12H18N2O8S. The first-order valence-corrected chi connectivity index (χ1v) is 7.89. The number of hydrogen-bond donors (Lipinski definition) is 7. The molecule has 0 aromatic heterocycles. The summed E-state index contributed by atoms with van der Waals surface area (Å²) >= 11 is 0. The third-order valence-electron chi connectivity index (χ3n) is 2.97. The Morgan fingerprint density at radius 1 is 1.09 bits per heavy atom. The number of carbonyl (C=O) groups excluding carboxylic acids is 1. The Morgan fingerprint density at radius 2 is 1.61 bits per heavy atom. The Morgan fingerprint density at radius 3 is 2.04 bits per heavy atom. The highest BCUT2D eigenvalue weighted by molar-refractivity contribution is 7.89. The van der Waals surface area contributed by atoms with Gasteiger partial charge < -0.3 is 30.8 Å². The number of benzene rings is 1. The molecule has 0 unspecified atom stereocenters. The minimum atomic E-state index is -3.89. The van der Waals surface area contributed by atoms with Crippen molar-refractivity contribution in [3.8, 4) is 0 Å². The van der Waals surface area contributed by atoms with Crippen molar-refractivity contribution in [2.75, 3.05) is 11.9 Å². The molecule has 0 aliphatic heterocycles. The predicted octanol–water partition coefficient (Wildman–Crippen LogP) is -3.29. The van der Waals surface area contributed by atoms with Gasteiger partial charge in [-0.3, -0.25) is 4.79 Å². The highest BCUT2D eigenvalue weighted by Gasteiger charge is 2.34. The molecule has 23 heavy (non-hydrogen) atoms. The van der Waals surface area contributed by atoms with Crippen molar-refractivity contribution >= 4 is 21.6 Å². The van der Waals surface area contributed by atoms with Gasteiger partial charge in [-0.2, -0.15) is 0 Å². The zero-order valence-corrected chi connectivity index (χ0v) is 12.6. The molecule has 0 fully saturated rings. The molecule has 1 aromatic rings. The van der Waals surface area contributed by atoms with Crippen LogP contribution in [0.1, 0.15) is 0 Å². The van der Waals surface area contributed by atoms with Gasteiger partial charge in [-0.05, 0) is 24.3 Å². The number of aliphatic hydroxyl groups is 5. The van der Waals surface area contributed by atoms with Gasteiger partial charge in [-0.25, -0.2) is 13.6 Å². The molecule has 0 bridgehead atoms. The second-order valence-corrected chi connectivity index (χ2v) is 6.30. The van der Waals surface area contributed by atoms with Gasteiger partial charge in [-0.15, -0.1) is 0 Å². The smallest absolute Gasteiger partial charge is 0.256 e. The van der Waals surface area contributed by atoms with Crippen LogP contribution in [0.15, 0.2) is 29.2 Å². The molecular weight excluding hydrogens is 332 g/mol. The zero-order valence-electron chi connectivity index (χ0n) is 11.8. The molecule has 11 heteroatoms. The number of aliphatic hydroxyl groups excluding tert-OH is 5. The first-order valence-electron chi connectivity index (χ1n) is 6.34.